The number of hydrogen-bond acceptors (Lipinski definition) is 4. The van der Waals surface area contributed by atoms with Gasteiger partial charge in [-0.2, -0.15) is 4.98 Å². The van der Waals surface area contributed by atoms with Gasteiger partial charge in [0.2, 0.25) is 0 Å². The minimum Gasteiger partial charge on any atom is -0.422 e. The molecule has 5 aromatic carbocycles. The monoisotopic (exact) mass is 535 g/mol. The summed E-state index contributed by atoms with van der Waals surface area (Å²) in [5.41, 5.74) is 4.73. The zero-order chi connectivity index (χ0) is 26.7. The van der Waals surface area contributed by atoms with E-state index < -0.39 is 7.14 Å². The second-order valence-electron chi connectivity index (χ2n) is 9.78. The number of benzene rings is 5. The molecule has 0 unspecified atom stereocenters. The van der Waals surface area contributed by atoms with Crippen molar-refractivity contribution in [3.8, 4) is 11.3 Å². The van der Waals surface area contributed by atoms with Crippen molar-refractivity contribution in [2.24, 2.45) is 0 Å². The predicted octanol–water partition coefficient (Wildman–Crippen LogP) is 7.09. The van der Waals surface area contributed by atoms with Crippen molar-refractivity contribution in [3.05, 3.63) is 133 Å². The van der Waals surface area contributed by atoms with Crippen molar-refractivity contribution in [3.63, 3.8) is 0 Å². The Morgan fingerprint density at radius 3 is 1.88 bits per heavy atom. The van der Waals surface area contributed by atoms with Crippen LogP contribution in [-0.4, -0.2) is 14.4 Å². The summed E-state index contributed by atoms with van der Waals surface area (Å²) < 4.78 is 23.6. The van der Waals surface area contributed by atoms with E-state index in [1.807, 2.05) is 114 Å². The highest BCUT2D eigenvalue weighted by Crippen LogP contribution is 2.45. The van der Waals surface area contributed by atoms with Gasteiger partial charge in [0.15, 0.2) is 18.4 Å². The molecule has 0 aliphatic rings. The van der Waals surface area contributed by atoms with Crippen LogP contribution in [0.3, 0.4) is 0 Å². The van der Waals surface area contributed by atoms with E-state index in [1.165, 1.54) is 0 Å². The summed E-state index contributed by atoms with van der Waals surface area (Å²) in [5, 5.41) is 4.19. The Hall–Kier alpha value is -4.99. The Kier molecular flexibility index (Phi) is 5.03. The van der Waals surface area contributed by atoms with Crippen LogP contribution in [0.15, 0.2) is 138 Å². The highest BCUT2D eigenvalue weighted by atomic mass is 31.2. The molecule has 5 nitrogen and oxygen atoms in total. The van der Waals surface area contributed by atoms with Crippen LogP contribution in [0.25, 0.3) is 50.1 Å². The average Bonchev–Trinajstić information content (AvgIpc) is 3.58. The fourth-order valence-electron chi connectivity index (χ4n) is 5.68. The largest absolute Gasteiger partial charge is 0.422 e. The molecule has 3 aromatic heterocycles. The van der Waals surface area contributed by atoms with E-state index in [9.17, 15) is 0 Å². The first kappa shape index (κ1) is 22.9. The molecule has 8 rings (SSSR count). The Balaban J connectivity index is 1.47. The van der Waals surface area contributed by atoms with Crippen LogP contribution in [0, 0.1) is 0 Å². The maximum absolute atomic E-state index is 15.2. The minimum absolute atomic E-state index is 0.424. The smallest absolute Gasteiger partial charge is 0.309 e. The van der Waals surface area contributed by atoms with Gasteiger partial charge in [-0.25, -0.2) is 9.38 Å². The quantitative estimate of drug-likeness (QED) is 0.226. The molecule has 0 amide bonds. The molecule has 0 saturated heterocycles. The molecular weight excluding hydrogens is 513 g/mol. The van der Waals surface area contributed by atoms with Gasteiger partial charge in [-0.3, -0.25) is 0 Å². The minimum atomic E-state index is -3.27. The summed E-state index contributed by atoms with van der Waals surface area (Å²) in [7, 11) is -3.27. The van der Waals surface area contributed by atoms with E-state index in [2.05, 4.69) is 24.3 Å². The highest BCUT2D eigenvalue weighted by molar-refractivity contribution is 7.85. The average molecular weight is 536 g/mol. The first-order valence-corrected chi connectivity index (χ1v) is 14.8. The van der Waals surface area contributed by atoms with Crippen molar-refractivity contribution in [2.75, 3.05) is 0 Å². The van der Waals surface area contributed by atoms with Crippen molar-refractivity contribution in [2.45, 2.75) is 0 Å². The van der Waals surface area contributed by atoms with Gasteiger partial charge in [0.05, 0.1) is 16.5 Å². The maximum Gasteiger partial charge on any atom is 0.309 e. The van der Waals surface area contributed by atoms with E-state index in [4.69, 9.17) is 14.4 Å². The number of hydrogen-bond donors (Lipinski definition) is 0. The van der Waals surface area contributed by atoms with Crippen molar-refractivity contribution < 1.29 is 8.98 Å². The lowest BCUT2D eigenvalue weighted by molar-refractivity contribution is 0.592. The van der Waals surface area contributed by atoms with E-state index >= 15 is 4.57 Å². The van der Waals surface area contributed by atoms with Crippen LogP contribution in [0.2, 0.25) is 0 Å². The lowest BCUT2D eigenvalue weighted by Crippen LogP contribution is -2.25. The standard InChI is InChI=1S/C34H22N3O2P/c38-40(24-15-6-2-7-16-24,25-17-8-3-9-18-25)29-22-12-21-28-32(29)39-34-36-31-27-20-11-10-19-26(27)30(35-33(31)37(28)34)23-13-4-1-5-14-23/h1-22H. The van der Waals surface area contributed by atoms with E-state index in [1.54, 1.807) is 0 Å². The van der Waals surface area contributed by atoms with Gasteiger partial charge >= 0.3 is 5.84 Å². The zero-order valence-corrected chi connectivity index (χ0v) is 22.2. The van der Waals surface area contributed by atoms with E-state index in [-0.39, 0.29) is 0 Å². The Bertz CT molecular complexity index is 2190. The number of fused-ring (bicyclic) bond motifs is 7. The molecule has 0 aliphatic carbocycles. The van der Waals surface area contributed by atoms with Crippen LogP contribution in [0.5, 0.6) is 0 Å². The number of para-hydroxylation sites is 1. The Morgan fingerprint density at radius 2 is 1.20 bits per heavy atom. The van der Waals surface area contributed by atoms with Gasteiger partial charge in [0.1, 0.15) is 5.52 Å². The number of pyridine rings is 1. The highest BCUT2D eigenvalue weighted by Gasteiger charge is 2.33. The van der Waals surface area contributed by atoms with Gasteiger partial charge in [-0.1, -0.05) is 121 Å². The molecule has 0 aliphatic heterocycles. The molecule has 6 heteroatoms. The number of imidazole rings is 1. The maximum atomic E-state index is 15.2. The molecule has 0 saturated carbocycles. The second kappa shape index (κ2) is 8.77. The van der Waals surface area contributed by atoms with Crippen molar-refractivity contribution >= 4 is 61.9 Å². The van der Waals surface area contributed by atoms with Crippen LogP contribution < -0.4 is 15.9 Å². The summed E-state index contributed by atoms with van der Waals surface area (Å²) in [4.78, 5) is 10.1. The first-order chi connectivity index (χ1) is 19.7. The molecule has 8 aromatic rings. The first-order valence-electron chi connectivity index (χ1n) is 13.1. The molecule has 0 radical (unpaired) electrons. The normalized spacial score (nSPS) is 12.1. The molecule has 0 N–H and O–H groups in total. The van der Waals surface area contributed by atoms with E-state index in [0.717, 1.165) is 43.7 Å². The third-order valence-electron chi connectivity index (χ3n) is 7.51. The molecular formula is C34H22N3O2P. The lowest BCUT2D eigenvalue weighted by atomic mass is 10.0. The van der Waals surface area contributed by atoms with Gasteiger partial charge in [-0.15, -0.1) is 0 Å². The molecule has 40 heavy (non-hydrogen) atoms. The fourth-order valence-corrected chi connectivity index (χ4v) is 8.46. The zero-order valence-electron chi connectivity index (χ0n) is 21.3. The summed E-state index contributed by atoms with van der Waals surface area (Å²) in [6.45, 7) is 0. The molecule has 190 valence electrons. The van der Waals surface area contributed by atoms with Gasteiger partial charge in [-0.05, 0) is 12.1 Å². The molecule has 3 heterocycles. The van der Waals surface area contributed by atoms with Crippen LogP contribution in [0.4, 0.5) is 0 Å². The summed E-state index contributed by atoms with van der Waals surface area (Å²) in [6, 6.07) is 43.5. The number of oxazole rings is 1. The summed E-state index contributed by atoms with van der Waals surface area (Å²) >= 11 is 0. The third kappa shape index (κ3) is 3.25. The van der Waals surface area contributed by atoms with Crippen LogP contribution in [-0.2, 0) is 4.57 Å². The third-order valence-corrected chi connectivity index (χ3v) is 10.6. The number of nitrogens with zero attached hydrogens (tertiary/aromatic N) is 3. The summed E-state index contributed by atoms with van der Waals surface area (Å²) in [6.07, 6.45) is 0. The SMILES string of the molecule is O=P(c1ccccc1)(c1ccccc1)c1cccc2c1oc1nc3c4ccccc4c(-c4ccccc4)nc3n12. The van der Waals surface area contributed by atoms with E-state index in [0.29, 0.717) is 22.4 Å². The predicted molar refractivity (Wildman–Crippen MR) is 163 cm³/mol. The number of aromatic nitrogens is 3. The summed E-state index contributed by atoms with van der Waals surface area (Å²) in [5.74, 6) is 0.424. The van der Waals surface area contributed by atoms with Crippen LogP contribution >= 0.6 is 7.14 Å². The number of rotatable bonds is 4. The lowest BCUT2D eigenvalue weighted by Gasteiger charge is -2.19. The van der Waals surface area contributed by atoms with Crippen molar-refractivity contribution in [1.82, 2.24) is 14.4 Å². The second-order valence-corrected chi connectivity index (χ2v) is 12.5. The molecule has 0 fully saturated rings. The van der Waals surface area contributed by atoms with Crippen LogP contribution in [0.1, 0.15) is 0 Å². The fraction of sp³-hybridized carbons (Fsp3) is 0. The topological polar surface area (TPSA) is 60.4 Å². The van der Waals surface area contributed by atoms with Gasteiger partial charge in [0.25, 0.3) is 0 Å². The van der Waals surface area contributed by atoms with Gasteiger partial charge in [0, 0.05) is 26.9 Å². The Morgan fingerprint density at radius 1 is 0.600 bits per heavy atom. The van der Waals surface area contributed by atoms with Gasteiger partial charge < -0.3 is 8.98 Å². The van der Waals surface area contributed by atoms with Crippen molar-refractivity contribution in [1.29, 1.82) is 0 Å². The molecule has 0 atom stereocenters. The Labute approximate surface area is 229 Å². The molecule has 0 bridgehead atoms. The molecule has 0 spiro atoms.